The number of hydrogen-bond acceptors (Lipinski definition) is 0. The Morgan fingerprint density at radius 2 is 1.33 bits per heavy atom. The molecule has 1 rings (SSSR count). The van der Waals surface area contributed by atoms with Crippen LogP contribution in [0.25, 0.3) is 0 Å². The molecule has 0 spiro atoms. The van der Waals surface area contributed by atoms with Crippen LogP contribution in [0.3, 0.4) is 0 Å². The van der Waals surface area contributed by atoms with Gasteiger partial charge < -0.3 is 0 Å². The highest BCUT2D eigenvalue weighted by atomic mass is 28.3. The summed E-state index contributed by atoms with van der Waals surface area (Å²) >= 11 is 0. The fourth-order valence-electron chi connectivity index (χ4n) is 5.18. The maximum atomic E-state index is 2.43. The van der Waals surface area contributed by atoms with E-state index in [1.54, 1.807) is 43.8 Å². The van der Waals surface area contributed by atoms with E-state index in [-0.39, 0.29) is 0 Å². The van der Waals surface area contributed by atoms with Gasteiger partial charge in [0.15, 0.2) is 0 Å². The topological polar surface area (TPSA) is 0 Å². The molecule has 0 atom stereocenters. The Balaban J connectivity index is 3.02. The van der Waals surface area contributed by atoms with Gasteiger partial charge in [0.2, 0.25) is 0 Å². The Bertz CT molecular complexity index is 175. The first-order valence-electron chi connectivity index (χ1n) is 8.70. The van der Waals surface area contributed by atoms with Crippen LogP contribution in [-0.2, 0) is 0 Å². The summed E-state index contributed by atoms with van der Waals surface area (Å²) in [5, 5.41) is 0.834. The van der Waals surface area contributed by atoms with Crippen LogP contribution in [0.2, 0.25) is 23.2 Å². The summed E-state index contributed by atoms with van der Waals surface area (Å²) in [5.41, 5.74) is 0. The standard InChI is InChI=1S/C17H36Si/c1-5-11-17(12-6-2)13-9-10-16-18(17,14-7-3)15-8-4/h5-16H2,1-4H3. The lowest BCUT2D eigenvalue weighted by molar-refractivity contribution is 0.373. The van der Waals surface area contributed by atoms with Gasteiger partial charge in [-0.1, -0.05) is 97.2 Å². The highest BCUT2D eigenvalue weighted by Gasteiger charge is 2.51. The van der Waals surface area contributed by atoms with Crippen LogP contribution in [0.5, 0.6) is 0 Å². The van der Waals surface area contributed by atoms with E-state index in [0.29, 0.717) is 0 Å². The molecule has 0 saturated carbocycles. The molecule has 0 radical (unpaired) electrons. The van der Waals surface area contributed by atoms with Crippen LogP contribution in [0.4, 0.5) is 0 Å². The first kappa shape index (κ1) is 16.3. The zero-order chi connectivity index (χ0) is 13.5. The minimum Gasteiger partial charge on any atom is -0.0656 e. The number of rotatable bonds is 8. The van der Waals surface area contributed by atoms with E-state index in [4.69, 9.17) is 0 Å². The lowest BCUT2D eigenvalue weighted by Gasteiger charge is -2.54. The number of hydrogen-bond donors (Lipinski definition) is 0. The maximum absolute atomic E-state index is 2.43. The molecule has 1 aliphatic rings. The molecule has 0 N–H and O–H groups in total. The molecule has 0 unspecified atom stereocenters. The van der Waals surface area contributed by atoms with Crippen molar-refractivity contribution in [2.24, 2.45) is 0 Å². The van der Waals surface area contributed by atoms with Gasteiger partial charge in [-0.3, -0.25) is 0 Å². The maximum Gasteiger partial charge on any atom is 0.0597 e. The van der Waals surface area contributed by atoms with Crippen LogP contribution in [0.1, 0.15) is 85.5 Å². The van der Waals surface area contributed by atoms with Gasteiger partial charge in [-0.25, -0.2) is 0 Å². The normalized spacial score (nSPS) is 22.0. The van der Waals surface area contributed by atoms with Gasteiger partial charge in [0.1, 0.15) is 0 Å². The average molecular weight is 269 g/mol. The van der Waals surface area contributed by atoms with Crippen molar-refractivity contribution < 1.29 is 0 Å². The quantitative estimate of drug-likeness (QED) is 0.426. The van der Waals surface area contributed by atoms with Gasteiger partial charge in [-0.05, 0) is 11.5 Å². The highest BCUT2D eigenvalue weighted by molar-refractivity contribution is 6.83. The predicted octanol–water partition coefficient (Wildman–Crippen LogP) is 6.78. The third-order valence-electron chi connectivity index (χ3n) is 5.60. The predicted molar refractivity (Wildman–Crippen MR) is 87.1 cm³/mol. The summed E-state index contributed by atoms with van der Waals surface area (Å²) in [6.07, 6.45) is 13.5. The van der Waals surface area contributed by atoms with E-state index < -0.39 is 8.07 Å². The molecule has 0 aromatic rings. The first-order chi connectivity index (χ1) is 8.70. The van der Waals surface area contributed by atoms with E-state index in [9.17, 15) is 0 Å². The Morgan fingerprint density at radius 1 is 0.778 bits per heavy atom. The molecule has 108 valence electrons. The molecule has 0 amide bonds. The van der Waals surface area contributed by atoms with Crippen molar-refractivity contribution in [2.45, 2.75) is 109 Å². The highest BCUT2D eigenvalue weighted by Crippen LogP contribution is 2.59. The van der Waals surface area contributed by atoms with Crippen molar-refractivity contribution >= 4 is 8.07 Å². The Labute approximate surface area is 117 Å². The summed E-state index contributed by atoms with van der Waals surface area (Å²) in [6, 6.07) is 4.91. The molecular formula is C17H36Si. The fraction of sp³-hybridized carbons (Fsp3) is 1.00. The molecule has 1 saturated heterocycles. The van der Waals surface area contributed by atoms with Crippen molar-refractivity contribution in [3.05, 3.63) is 0 Å². The van der Waals surface area contributed by atoms with Crippen LogP contribution in [0.15, 0.2) is 0 Å². The molecule has 0 aromatic carbocycles. The third kappa shape index (κ3) is 3.21. The zero-order valence-electron chi connectivity index (χ0n) is 13.5. The lowest BCUT2D eigenvalue weighted by atomic mass is 9.90. The van der Waals surface area contributed by atoms with Crippen molar-refractivity contribution in [1.29, 1.82) is 0 Å². The monoisotopic (exact) mass is 268 g/mol. The summed E-state index contributed by atoms with van der Waals surface area (Å²) in [7, 11) is -1.00. The largest absolute Gasteiger partial charge is 0.0656 e. The third-order valence-corrected chi connectivity index (χ3v) is 12.8. The minimum atomic E-state index is -1.00. The smallest absolute Gasteiger partial charge is 0.0597 e. The van der Waals surface area contributed by atoms with Crippen LogP contribution in [0, 0.1) is 0 Å². The molecule has 0 aromatic heterocycles. The molecule has 18 heavy (non-hydrogen) atoms. The van der Waals surface area contributed by atoms with Gasteiger partial charge in [0.05, 0.1) is 8.07 Å². The van der Waals surface area contributed by atoms with Crippen molar-refractivity contribution in [2.75, 3.05) is 0 Å². The van der Waals surface area contributed by atoms with Crippen molar-refractivity contribution in [3.8, 4) is 0 Å². The second kappa shape index (κ2) is 7.72. The van der Waals surface area contributed by atoms with Gasteiger partial charge in [-0.2, -0.15) is 0 Å². The second-order valence-electron chi connectivity index (χ2n) is 6.77. The van der Waals surface area contributed by atoms with E-state index in [1.807, 2.05) is 0 Å². The van der Waals surface area contributed by atoms with Gasteiger partial charge in [-0.15, -0.1) is 0 Å². The molecule has 1 fully saturated rings. The van der Waals surface area contributed by atoms with E-state index >= 15 is 0 Å². The van der Waals surface area contributed by atoms with Gasteiger partial charge in [0.25, 0.3) is 0 Å². The lowest BCUT2D eigenvalue weighted by Crippen LogP contribution is -2.50. The summed E-state index contributed by atoms with van der Waals surface area (Å²) in [5.74, 6) is 0. The Hall–Kier alpha value is 0.217. The SMILES string of the molecule is CCCC1(CCC)CCCC[Si]1(CCC)CCC. The fourth-order valence-corrected chi connectivity index (χ4v) is 12.6. The van der Waals surface area contributed by atoms with E-state index in [2.05, 4.69) is 27.7 Å². The molecule has 1 aliphatic heterocycles. The Kier molecular flexibility index (Phi) is 6.98. The van der Waals surface area contributed by atoms with E-state index in [1.165, 1.54) is 32.1 Å². The van der Waals surface area contributed by atoms with Gasteiger partial charge >= 0.3 is 0 Å². The molecule has 0 bridgehead atoms. The van der Waals surface area contributed by atoms with Crippen LogP contribution < -0.4 is 0 Å². The molecule has 1 heteroatoms. The first-order valence-corrected chi connectivity index (χ1v) is 11.3. The van der Waals surface area contributed by atoms with E-state index in [0.717, 1.165) is 5.04 Å². The van der Waals surface area contributed by atoms with Crippen molar-refractivity contribution in [3.63, 3.8) is 0 Å². The second-order valence-corrected chi connectivity index (χ2v) is 11.9. The van der Waals surface area contributed by atoms with Crippen LogP contribution in [-0.4, -0.2) is 8.07 Å². The van der Waals surface area contributed by atoms with Gasteiger partial charge in [0, 0.05) is 0 Å². The molecule has 0 nitrogen and oxygen atoms in total. The Morgan fingerprint density at radius 3 is 1.78 bits per heavy atom. The van der Waals surface area contributed by atoms with Crippen molar-refractivity contribution in [1.82, 2.24) is 0 Å². The molecular weight excluding hydrogens is 232 g/mol. The summed E-state index contributed by atoms with van der Waals surface area (Å²) < 4.78 is 0. The molecule has 0 aliphatic carbocycles. The zero-order valence-corrected chi connectivity index (χ0v) is 14.5. The molecule has 1 heterocycles. The summed E-state index contributed by atoms with van der Waals surface area (Å²) in [4.78, 5) is 0. The summed E-state index contributed by atoms with van der Waals surface area (Å²) in [6.45, 7) is 9.70. The average Bonchev–Trinajstić information content (AvgIpc) is 2.34. The minimum absolute atomic E-state index is 0.834. The van der Waals surface area contributed by atoms with Crippen LogP contribution >= 0.6 is 0 Å².